The van der Waals surface area contributed by atoms with Crippen molar-refractivity contribution in [2.75, 3.05) is 0 Å². The molecule has 11 heavy (non-hydrogen) atoms. The number of hydrogen-bond donors (Lipinski definition) is 0. The Hall–Kier alpha value is -0.440. The predicted octanol–water partition coefficient (Wildman–Crippen LogP) is 2.54. The molecule has 2 nitrogen and oxygen atoms in total. The standard InChI is InChI=1S/C8H11BrN2/c1-8(2,3)6-4-10-11-5-7(6)9/h4-5H,1-3H3. The molecule has 0 saturated heterocycles. The number of hydrogen-bond acceptors (Lipinski definition) is 2. The molecule has 0 saturated carbocycles. The van der Waals surface area contributed by atoms with Gasteiger partial charge in [0.15, 0.2) is 0 Å². The summed E-state index contributed by atoms with van der Waals surface area (Å²) >= 11 is 3.43. The molecule has 0 unspecified atom stereocenters. The Bertz CT molecular complexity index is 253. The minimum absolute atomic E-state index is 0.134. The third-order valence-corrected chi connectivity index (χ3v) is 2.12. The molecule has 1 rings (SSSR count). The van der Waals surface area contributed by atoms with Gasteiger partial charge in [-0.25, -0.2) is 0 Å². The summed E-state index contributed by atoms with van der Waals surface area (Å²) in [6, 6.07) is 0. The van der Waals surface area contributed by atoms with E-state index in [2.05, 4.69) is 46.9 Å². The summed E-state index contributed by atoms with van der Waals surface area (Å²) in [4.78, 5) is 0. The van der Waals surface area contributed by atoms with Crippen molar-refractivity contribution in [1.82, 2.24) is 10.2 Å². The zero-order chi connectivity index (χ0) is 8.48. The van der Waals surface area contributed by atoms with Gasteiger partial charge in [-0.2, -0.15) is 10.2 Å². The Balaban J connectivity index is 3.14. The first-order valence-electron chi connectivity index (χ1n) is 3.48. The second-order valence-corrected chi connectivity index (χ2v) is 4.36. The predicted molar refractivity (Wildman–Crippen MR) is 48.4 cm³/mol. The normalized spacial score (nSPS) is 11.6. The number of nitrogens with zero attached hydrogens (tertiary/aromatic N) is 2. The maximum Gasteiger partial charge on any atom is 0.0641 e. The van der Waals surface area contributed by atoms with Gasteiger partial charge in [-0.1, -0.05) is 20.8 Å². The van der Waals surface area contributed by atoms with Gasteiger partial charge in [-0.15, -0.1) is 0 Å². The topological polar surface area (TPSA) is 25.8 Å². The highest BCUT2D eigenvalue weighted by Gasteiger charge is 2.16. The summed E-state index contributed by atoms with van der Waals surface area (Å²) in [5.74, 6) is 0. The highest BCUT2D eigenvalue weighted by molar-refractivity contribution is 9.10. The van der Waals surface area contributed by atoms with Gasteiger partial charge in [0.05, 0.1) is 12.4 Å². The third kappa shape index (κ3) is 1.99. The van der Waals surface area contributed by atoms with Crippen molar-refractivity contribution in [3.63, 3.8) is 0 Å². The van der Waals surface area contributed by atoms with Crippen LogP contribution in [0.3, 0.4) is 0 Å². The maximum absolute atomic E-state index is 3.83. The molecule has 1 heterocycles. The highest BCUT2D eigenvalue weighted by Crippen LogP contribution is 2.27. The van der Waals surface area contributed by atoms with Gasteiger partial charge >= 0.3 is 0 Å². The Morgan fingerprint density at radius 1 is 1.18 bits per heavy atom. The quantitative estimate of drug-likeness (QED) is 0.664. The van der Waals surface area contributed by atoms with Crippen molar-refractivity contribution in [1.29, 1.82) is 0 Å². The lowest BCUT2D eigenvalue weighted by Crippen LogP contribution is -2.12. The second kappa shape index (κ2) is 2.89. The molecule has 0 spiro atoms. The molecule has 0 aliphatic heterocycles. The van der Waals surface area contributed by atoms with E-state index >= 15 is 0 Å². The molecule has 60 valence electrons. The van der Waals surface area contributed by atoms with Crippen molar-refractivity contribution >= 4 is 15.9 Å². The first-order valence-corrected chi connectivity index (χ1v) is 4.28. The van der Waals surface area contributed by atoms with Crippen LogP contribution in [-0.4, -0.2) is 10.2 Å². The van der Waals surface area contributed by atoms with Crippen LogP contribution in [0.5, 0.6) is 0 Å². The van der Waals surface area contributed by atoms with Crippen molar-refractivity contribution < 1.29 is 0 Å². The SMILES string of the molecule is CC(C)(C)c1cnncc1Br. The van der Waals surface area contributed by atoms with E-state index in [4.69, 9.17) is 0 Å². The lowest BCUT2D eigenvalue weighted by atomic mass is 9.89. The number of aromatic nitrogens is 2. The van der Waals surface area contributed by atoms with E-state index in [0.717, 1.165) is 4.47 Å². The van der Waals surface area contributed by atoms with Crippen molar-refractivity contribution in [2.45, 2.75) is 26.2 Å². The van der Waals surface area contributed by atoms with E-state index in [-0.39, 0.29) is 5.41 Å². The van der Waals surface area contributed by atoms with E-state index in [1.807, 2.05) is 0 Å². The van der Waals surface area contributed by atoms with E-state index < -0.39 is 0 Å². The zero-order valence-electron chi connectivity index (χ0n) is 6.93. The van der Waals surface area contributed by atoms with Gasteiger partial charge in [0.2, 0.25) is 0 Å². The minimum atomic E-state index is 0.134. The second-order valence-electron chi connectivity index (χ2n) is 3.50. The van der Waals surface area contributed by atoms with Gasteiger partial charge in [0.1, 0.15) is 0 Å². The Morgan fingerprint density at radius 3 is 2.09 bits per heavy atom. The van der Waals surface area contributed by atoms with Crippen LogP contribution in [0.2, 0.25) is 0 Å². The van der Waals surface area contributed by atoms with Crippen LogP contribution in [0.25, 0.3) is 0 Å². The van der Waals surface area contributed by atoms with Gasteiger partial charge in [-0.05, 0) is 26.9 Å². The molecular weight excluding hydrogens is 204 g/mol. The van der Waals surface area contributed by atoms with Crippen molar-refractivity contribution in [3.05, 3.63) is 22.4 Å². The first-order chi connectivity index (χ1) is 5.02. The summed E-state index contributed by atoms with van der Waals surface area (Å²) in [7, 11) is 0. The molecule has 0 radical (unpaired) electrons. The van der Waals surface area contributed by atoms with E-state index in [1.165, 1.54) is 5.56 Å². The first kappa shape index (κ1) is 8.65. The molecule has 0 amide bonds. The van der Waals surface area contributed by atoms with Gasteiger partial charge in [0.25, 0.3) is 0 Å². The van der Waals surface area contributed by atoms with Gasteiger partial charge in [-0.3, -0.25) is 0 Å². The molecule has 0 atom stereocenters. The smallest absolute Gasteiger partial charge is 0.0641 e. The zero-order valence-corrected chi connectivity index (χ0v) is 8.51. The average Bonchev–Trinajstić information content (AvgIpc) is 1.86. The van der Waals surface area contributed by atoms with Gasteiger partial charge in [0, 0.05) is 4.47 Å². The highest BCUT2D eigenvalue weighted by atomic mass is 79.9. The average molecular weight is 215 g/mol. The van der Waals surface area contributed by atoms with Crippen LogP contribution in [-0.2, 0) is 5.41 Å². The van der Waals surface area contributed by atoms with Crippen LogP contribution >= 0.6 is 15.9 Å². The molecule has 0 N–H and O–H groups in total. The molecule has 1 aromatic rings. The fourth-order valence-corrected chi connectivity index (χ4v) is 1.65. The summed E-state index contributed by atoms with van der Waals surface area (Å²) in [6.45, 7) is 6.44. The molecule has 0 aliphatic carbocycles. The lowest BCUT2D eigenvalue weighted by molar-refractivity contribution is 0.581. The van der Waals surface area contributed by atoms with E-state index in [0.29, 0.717) is 0 Å². The van der Waals surface area contributed by atoms with Crippen molar-refractivity contribution in [2.24, 2.45) is 0 Å². The summed E-state index contributed by atoms with van der Waals surface area (Å²) in [6.07, 6.45) is 3.52. The van der Waals surface area contributed by atoms with Gasteiger partial charge < -0.3 is 0 Å². The van der Waals surface area contributed by atoms with E-state index in [1.54, 1.807) is 12.4 Å². The molecule has 0 bridgehead atoms. The van der Waals surface area contributed by atoms with Crippen LogP contribution in [0.1, 0.15) is 26.3 Å². The summed E-state index contributed by atoms with van der Waals surface area (Å²) in [5, 5.41) is 7.59. The largest absolute Gasteiger partial charge is 0.159 e. The fourth-order valence-electron chi connectivity index (χ4n) is 0.858. The summed E-state index contributed by atoms with van der Waals surface area (Å²) < 4.78 is 1.03. The Kier molecular flexibility index (Phi) is 2.28. The van der Waals surface area contributed by atoms with Crippen molar-refractivity contribution in [3.8, 4) is 0 Å². The monoisotopic (exact) mass is 214 g/mol. The summed E-state index contributed by atoms with van der Waals surface area (Å²) in [5.41, 5.74) is 1.32. The molecule has 1 aromatic heterocycles. The van der Waals surface area contributed by atoms with Crippen LogP contribution in [0.15, 0.2) is 16.9 Å². The Morgan fingerprint density at radius 2 is 1.73 bits per heavy atom. The molecule has 0 fully saturated rings. The lowest BCUT2D eigenvalue weighted by Gasteiger charge is -2.18. The molecule has 3 heteroatoms. The van der Waals surface area contributed by atoms with E-state index in [9.17, 15) is 0 Å². The molecular formula is C8H11BrN2. The number of rotatable bonds is 0. The fraction of sp³-hybridized carbons (Fsp3) is 0.500. The number of halogens is 1. The van der Waals surface area contributed by atoms with Crippen LogP contribution < -0.4 is 0 Å². The molecule has 0 aromatic carbocycles. The Labute approximate surface area is 75.2 Å². The molecule has 0 aliphatic rings. The minimum Gasteiger partial charge on any atom is -0.159 e. The van der Waals surface area contributed by atoms with Crippen LogP contribution in [0, 0.1) is 0 Å². The maximum atomic E-state index is 3.83. The third-order valence-electron chi connectivity index (χ3n) is 1.49. The van der Waals surface area contributed by atoms with Crippen LogP contribution in [0.4, 0.5) is 0 Å².